The Morgan fingerprint density at radius 1 is 1.17 bits per heavy atom. The topological polar surface area (TPSA) is 114 Å². The van der Waals surface area contributed by atoms with Crippen LogP contribution in [-0.2, 0) is 9.53 Å². The van der Waals surface area contributed by atoms with Gasteiger partial charge >= 0.3 is 6.09 Å². The fourth-order valence-corrected chi connectivity index (χ4v) is 4.24. The zero-order chi connectivity index (χ0) is 21.3. The molecule has 0 saturated carbocycles. The third-order valence-electron chi connectivity index (χ3n) is 5.61. The highest BCUT2D eigenvalue weighted by Crippen LogP contribution is 2.41. The normalized spacial score (nSPS) is 21.1. The molecule has 0 bridgehead atoms. The number of hydrogen-bond acceptors (Lipinski definition) is 7. The van der Waals surface area contributed by atoms with Gasteiger partial charge in [-0.1, -0.05) is 6.07 Å². The molecule has 9 heteroatoms. The Balaban J connectivity index is 1.67. The summed E-state index contributed by atoms with van der Waals surface area (Å²) in [5.74, 6) is 0.791. The van der Waals surface area contributed by atoms with E-state index in [1.807, 2.05) is 37.3 Å². The number of anilines is 2. The van der Waals surface area contributed by atoms with Gasteiger partial charge in [0.15, 0.2) is 5.82 Å². The SMILES string of the molecule is CC(=O)N1c2ccc(-c3ccc(N4CCNCC4)nn3)cc2[C@H](OC(N)=O)C[C@@H]1C. The van der Waals surface area contributed by atoms with Crippen molar-refractivity contribution in [1.82, 2.24) is 15.5 Å². The summed E-state index contributed by atoms with van der Waals surface area (Å²) >= 11 is 0. The van der Waals surface area contributed by atoms with Gasteiger partial charge in [-0.3, -0.25) is 4.79 Å². The number of aromatic nitrogens is 2. The van der Waals surface area contributed by atoms with Gasteiger partial charge in [0.1, 0.15) is 6.10 Å². The molecule has 1 saturated heterocycles. The van der Waals surface area contributed by atoms with E-state index in [1.165, 1.54) is 6.92 Å². The molecule has 2 atom stereocenters. The maximum Gasteiger partial charge on any atom is 0.405 e. The molecule has 0 spiro atoms. The van der Waals surface area contributed by atoms with E-state index in [-0.39, 0.29) is 11.9 Å². The average molecular weight is 410 g/mol. The van der Waals surface area contributed by atoms with Crippen molar-refractivity contribution in [2.75, 3.05) is 36.0 Å². The third kappa shape index (κ3) is 3.93. The first kappa shape index (κ1) is 20.1. The van der Waals surface area contributed by atoms with Gasteiger partial charge < -0.3 is 25.6 Å². The minimum absolute atomic E-state index is 0.0609. The summed E-state index contributed by atoms with van der Waals surface area (Å²) in [4.78, 5) is 27.6. The molecule has 0 unspecified atom stereocenters. The Morgan fingerprint density at radius 3 is 2.57 bits per heavy atom. The Bertz CT molecular complexity index is 942. The van der Waals surface area contributed by atoms with Crippen LogP contribution >= 0.6 is 0 Å². The number of amides is 2. The lowest BCUT2D eigenvalue weighted by Gasteiger charge is -2.38. The van der Waals surface area contributed by atoms with Crippen LogP contribution in [-0.4, -0.2) is 54.4 Å². The van der Waals surface area contributed by atoms with E-state index in [2.05, 4.69) is 20.4 Å². The number of piperazine rings is 1. The Hall–Kier alpha value is -3.20. The van der Waals surface area contributed by atoms with Crippen LogP contribution in [0.5, 0.6) is 0 Å². The standard InChI is InChI=1S/C21H26N6O3/c1-13-11-19(30-21(22)29)16-12-15(3-5-18(16)27(13)14(2)28)17-4-6-20(25-24-17)26-9-7-23-8-10-26/h3-6,12-13,19,23H,7-11H2,1-2H3,(H2,22,29)/t13-,19+/m0/s1. The molecule has 2 aliphatic rings. The lowest BCUT2D eigenvalue weighted by molar-refractivity contribution is -0.117. The van der Waals surface area contributed by atoms with Crippen LogP contribution in [0.15, 0.2) is 30.3 Å². The summed E-state index contributed by atoms with van der Waals surface area (Å²) in [6, 6.07) is 9.47. The van der Waals surface area contributed by atoms with Crippen LogP contribution in [0.25, 0.3) is 11.3 Å². The van der Waals surface area contributed by atoms with Gasteiger partial charge in [-0.05, 0) is 31.2 Å². The van der Waals surface area contributed by atoms with Gasteiger partial charge in [0.05, 0.1) is 11.4 Å². The number of ether oxygens (including phenoxy) is 1. The van der Waals surface area contributed by atoms with Gasteiger partial charge in [0.2, 0.25) is 5.91 Å². The summed E-state index contributed by atoms with van der Waals surface area (Å²) in [6.07, 6.45) is -0.872. The summed E-state index contributed by atoms with van der Waals surface area (Å²) < 4.78 is 5.36. The van der Waals surface area contributed by atoms with Crippen LogP contribution in [0.2, 0.25) is 0 Å². The zero-order valence-electron chi connectivity index (χ0n) is 17.2. The maximum absolute atomic E-state index is 12.2. The van der Waals surface area contributed by atoms with E-state index >= 15 is 0 Å². The van der Waals surface area contributed by atoms with E-state index < -0.39 is 12.2 Å². The van der Waals surface area contributed by atoms with E-state index in [0.717, 1.165) is 48.8 Å². The predicted octanol–water partition coefficient (Wildman–Crippen LogP) is 1.83. The summed E-state index contributed by atoms with van der Waals surface area (Å²) in [6.45, 7) is 7.12. The summed E-state index contributed by atoms with van der Waals surface area (Å²) in [5, 5.41) is 12.1. The van der Waals surface area contributed by atoms with Gasteiger partial charge in [-0.15, -0.1) is 10.2 Å². The lowest BCUT2D eigenvalue weighted by atomic mass is 9.91. The minimum Gasteiger partial charge on any atom is -0.441 e. The second kappa shape index (κ2) is 8.27. The van der Waals surface area contributed by atoms with E-state index in [9.17, 15) is 9.59 Å². The Kier molecular flexibility index (Phi) is 5.54. The number of nitrogens with zero attached hydrogens (tertiary/aromatic N) is 4. The molecule has 3 N–H and O–H groups in total. The predicted molar refractivity (Wildman–Crippen MR) is 113 cm³/mol. The van der Waals surface area contributed by atoms with Crippen molar-refractivity contribution < 1.29 is 14.3 Å². The molecule has 0 aliphatic carbocycles. The number of hydrogen-bond donors (Lipinski definition) is 2. The second-order valence-corrected chi connectivity index (χ2v) is 7.69. The molecule has 2 amide bonds. The minimum atomic E-state index is -0.833. The van der Waals surface area contributed by atoms with Crippen molar-refractivity contribution in [1.29, 1.82) is 0 Å². The zero-order valence-corrected chi connectivity index (χ0v) is 17.2. The smallest absolute Gasteiger partial charge is 0.405 e. The van der Waals surface area contributed by atoms with Crippen LogP contribution in [0.3, 0.4) is 0 Å². The van der Waals surface area contributed by atoms with E-state index in [4.69, 9.17) is 10.5 Å². The van der Waals surface area contributed by atoms with Crippen molar-refractivity contribution in [3.8, 4) is 11.3 Å². The molecule has 9 nitrogen and oxygen atoms in total. The lowest BCUT2D eigenvalue weighted by Crippen LogP contribution is -2.43. The Morgan fingerprint density at radius 2 is 1.93 bits per heavy atom. The van der Waals surface area contributed by atoms with Crippen molar-refractivity contribution in [2.24, 2.45) is 5.73 Å². The summed E-state index contributed by atoms with van der Waals surface area (Å²) in [7, 11) is 0. The average Bonchev–Trinajstić information content (AvgIpc) is 2.73. The van der Waals surface area contributed by atoms with Crippen molar-refractivity contribution in [3.05, 3.63) is 35.9 Å². The van der Waals surface area contributed by atoms with Gasteiger partial charge in [-0.25, -0.2) is 4.79 Å². The Labute approximate surface area is 175 Å². The van der Waals surface area contributed by atoms with Crippen molar-refractivity contribution >= 4 is 23.5 Å². The fourth-order valence-electron chi connectivity index (χ4n) is 4.24. The van der Waals surface area contributed by atoms with E-state index in [1.54, 1.807) is 4.90 Å². The fraction of sp³-hybridized carbons (Fsp3) is 0.429. The number of carbonyl (C=O) groups excluding carboxylic acids is 2. The molecule has 0 radical (unpaired) electrons. The third-order valence-corrected chi connectivity index (χ3v) is 5.61. The van der Waals surface area contributed by atoms with Crippen LogP contribution in [0.4, 0.5) is 16.3 Å². The molecule has 4 rings (SSSR count). The first-order chi connectivity index (χ1) is 14.4. The number of carbonyl (C=O) groups is 2. The molecule has 30 heavy (non-hydrogen) atoms. The van der Waals surface area contributed by atoms with Crippen LogP contribution in [0.1, 0.15) is 31.9 Å². The molecule has 2 aliphatic heterocycles. The van der Waals surface area contributed by atoms with Gasteiger partial charge in [0, 0.05) is 56.7 Å². The highest BCUT2D eigenvalue weighted by atomic mass is 16.6. The van der Waals surface area contributed by atoms with Gasteiger partial charge in [-0.2, -0.15) is 0 Å². The second-order valence-electron chi connectivity index (χ2n) is 7.69. The van der Waals surface area contributed by atoms with Crippen LogP contribution in [0, 0.1) is 0 Å². The maximum atomic E-state index is 12.2. The number of rotatable bonds is 3. The molecule has 1 aromatic heterocycles. The van der Waals surface area contributed by atoms with Gasteiger partial charge in [0.25, 0.3) is 0 Å². The largest absolute Gasteiger partial charge is 0.441 e. The van der Waals surface area contributed by atoms with Crippen LogP contribution < -0.4 is 20.9 Å². The number of fused-ring (bicyclic) bond motifs is 1. The summed E-state index contributed by atoms with van der Waals surface area (Å²) in [5.41, 5.74) is 8.30. The molecule has 1 fully saturated rings. The first-order valence-electron chi connectivity index (χ1n) is 10.1. The molecule has 2 aromatic rings. The number of nitrogens with one attached hydrogen (secondary N) is 1. The number of benzene rings is 1. The first-order valence-corrected chi connectivity index (χ1v) is 10.1. The molecule has 3 heterocycles. The quantitative estimate of drug-likeness (QED) is 0.793. The monoisotopic (exact) mass is 410 g/mol. The number of primary amides is 1. The molecule has 1 aromatic carbocycles. The number of nitrogens with two attached hydrogens (primary N) is 1. The molecular weight excluding hydrogens is 384 g/mol. The molecular formula is C21H26N6O3. The van der Waals surface area contributed by atoms with E-state index in [0.29, 0.717) is 12.1 Å². The van der Waals surface area contributed by atoms with Crippen molar-refractivity contribution in [2.45, 2.75) is 32.4 Å². The van der Waals surface area contributed by atoms with Crippen molar-refractivity contribution in [3.63, 3.8) is 0 Å². The molecule has 158 valence electrons. The highest BCUT2D eigenvalue weighted by Gasteiger charge is 2.34. The highest BCUT2D eigenvalue weighted by molar-refractivity contribution is 5.94.